The minimum Gasteiger partial charge on any atom is -0.389 e. The van der Waals surface area contributed by atoms with Crippen molar-refractivity contribution in [1.29, 1.82) is 0 Å². The third-order valence-electron chi connectivity index (χ3n) is 4.40. The summed E-state index contributed by atoms with van der Waals surface area (Å²) in [5, 5.41) is 20.2. The van der Waals surface area contributed by atoms with Gasteiger partial charge in [0.1, 0.15) is 14.3 Å². The van der Waals surface area contributed by atoms with Crippen molar-refractivity contribution in [3.05, 3.63) is 84.4 Å². The van der Waals surface area contributed by atoms with Crippen LogP contribution >= 0.6 is 14.3 Å². The fraction of sp³-hybridized carbons (Fsp3) is 0.200. The molecule has 0 amide bonds. The molecule has 0 saturated heterocycles. The van der Waals surface area contributed by atoms with Crippen molar-refractivity contribution in [1.82, 2.24) is 0 Å². The molecule has 26 heavy (non-hydrogen) atoms. The second kappa shape index (κ2) is 7.90. The number of aliphatic hydroxyl groups is 2. The Kier molecular flexibility index (Phi) is 5.79. The molecule has 136 valence electrons. The van der Waals surface area contributed by atoms with Crippen LogP contribution in [-0.4, -0.2) is 34.7 Å². The fourth-order valence-electron chi connectivity index (χ4n) is 3.02. The number of rotatable bonds is 2. The lowest BCUT2D eigenvalue weighted by Crippen LogP contribution is -2.09. The number of hydrogen-bond donors (Lipinski definition) is 2. The monoisotopic (exact) mass is 388 g/mol. The lowest BCUT2D eigenvalue weighted by Gasteiger charge is -2.09. The van der Waals surface area contributed by atoms with Crippen LogP contribution in [0.5, 0.6) is 0 Å². The van der Waals surface area contributed by atoms with Crippen molar-refractivity contribution in [2.45, 2.75) is 12.2 Å². The summed E-state index contributed by atoms with van der Waals surface area (Å²) in [5.41, 5.74) is 0. The highest BCUT2D eigenvalue weighted by Gasteiger charge is 2.29. The summed E-state index contributed by atoms with van der Waals surface area (Å²) in [6, 6.07) is 18.7. The highest BCUT2D eigenvalue weighted by molar-refractivity contribution is 7.75. The average molecular weight is 388 g/mol. The van der Waals surface area contributed by atoms with Gasteiger partial charge in [0.25, 0.3) is 0 Å². The van der Waals surface area contributed by atoms with E-state index in [9.17, 15) is 19.3 Å². The maximum absolute atomic E-state index is 12.2. The third-order valence-corrected chi connectivity index (χ3v) is 9.89. The molecule has 2 aromatic carbocycles. The zero-order chi connectivity index (χ0) is 18.6. The summed E-state index contributed by atoms with van der Waals surface area (Å²) in [6.07, 6.45) is 2.88. The van der Waals surface area contributed by atoms with Crippen LogP contribution in [-0.2, 0) is 9.13 Å². The highest BCUT2D eigenvalue weighted by Crippen LogP contribution is 2.51. The molecular weight excluding hydrogens is 366 g/mol. The van der Waals surface area contributed by atoms with Gasteiger partial charge >= 0.3 is 0 Å². The van der Waals surface area contributed by atoms with Gasteiger partial charge in [0, 0.05) is 22.9 Å². The van der Waals surface area contributed by atoms with Crippen LogP contribution in [0, 0.1) is 0 Å². The van der Waals surface area contributed by atoms with E-state index in [1.165, 1.54) is 0 Å². The first-order valence-electron chi connectivity index (χ1n) is 8.45. The molecule has 2 aromatic rings. The Hall–Kier alpha value is -1.70. The lowest BCUT2D eigenvalue weighted by molar-refractivity contribution is 0.249. The molecule has 2 aliphatic heterocycles. The minimum atomic E-state index is -2.41. The Morgan fingerprint density at radius 3 is 1.27 bits per heavy atom. The van der Waals surface area contributed by atoms with Gasteiger partial charge in [-0.3, -0.25) is 0 Å². The quantitative estimate of drug-likeness (QED) is 0.776. The Labute approximate surface area is 153 Å². The van der Waals surface area contributed by atoms with Crippen molar-refractivity contribution in [2.75, 3.05) is 12.3 Å². The molecule has 4 atom stereocenters. The zero-order valence-corrected chi connectivity index (χ0v) is 16.0. The van der Waals surface area contributed by atoms with Crippen molar-refractivity contribution in [3.63, 3.8) is 0 Å². The summed E-state index contributed by atoms with van der Waals surface area (Å²) in [6.45, 7) is 0. The molecule has 2 aliphatic rings. The van der Waals surface area contributed by atoms with Gasteiger partial charge in [-0.05, 0) is 11.6 Å². The molecule has 2 N–H and O–H groups in total. The topological polar surface area (TPSA) is 74.6 Å². The first-order chi connectivity index (χ1) is 12.4. The van der Waals surface area contributed by atoms with Crippen LogP contribution in [0.4, 0.5) is 0 Å². The van der Waals surface area contributed by atoms with Crippen LogP contribution in [0.3, 0.4) is 0 Å². The van der Waals surface area contributed by atoms with Gasteiger partial charge in [-0.25, -0.2) is 0 Å². The van der Waals surface area contributed by atoms with E-state index in [1.807, 2.05) is 60.7 Å². The van der Waals surface area contributed by atoms with Crippen LogP contribution in [0.25, 0.3) is 0 Å². The normalized spacial score (nSPS) is 32.2. The van der Waals surface area contributed by atoms with Crippen LogP contribution in [0.2, 0.25) is 0 Å². The second-order valence-corrected chi connectivity index (χ2v) is 12.0. The van der Waals surface area contributed by atoms with Crippen LogP contribution in [0.1, 0.15) is 0 Å². The van der Waals surface area contributed by atoms with E-state index >= 15 is 0 Å². The van der Waals surface area contributed by atoms with Gasteiger partial charge in [-0.15, -0.1) is 0 Å². The largest absolute Gasteiger partial charge is 0.389 e. The van der Waals surface area contributed by atoms with Crippen molar-refractivity contribution in [3.8, 4) is 0 Å². The van der Waals surface area contributed by atoms with Crippen molar-refractivity contribution in [2.24, 2.45) is 0 Å². The first kappa shape index (κ1) is 19.1. The summed E-state index contributed by atoms with van der Waals surface area (Å²) in [5.74, 6) is 3.32. The fourth-order valence-corrected chi connectivity index (χ4v) is 7.69. The average Bonchev–Trinajstić information content (AvgIpc) is 3.20. The summed E-state index contributed by atoms with van der Waals surface area (Å²) < 4.78 is 24.4. The number of hydrogen-bond acceptors (Lipinski definition) is 4. The minimum absolute atomic E-state index is 0.358. The molecule has 0 fully saturated rings. The van der Waals surface area contributed by atoms with Gasteiger partial charge < -0.3 is 19.3 Å². The van der Waals surface area contributed by atoms with Crippen molar-refractivity contribution < 1.29 is 19.3 Å². The van der Waals surface area contributed by atoms with Crippen molar-refractivity contribution >= 4 is 24.9 Å². The summed E-state index contributed by atoms with van der Waals surface area (Å²) in [4.78, 5) is 0. The SMILES string of the molecule is O=[P@]1(c2ccccc2)C=C[C@@H](O)C1.O=[P@]1(c2ccccc2)C=C[C@H](O)C1. The van der Waals surface area contributed by atoms with Gasteiger partial charge in [0.05, 0.1) is 12.2 Å². The smallest absolute Gasteiger partial charge is 0.139 e. The maximum atomic E-state index is 12.2. The maximum Gasteiger partial charge on any atom is 0.139 e. The van der Waals surface area contributed by atoms with Crippen LogP contribution < -0.4 is 10.6 Å². The Morgan fingerprint density at radius 2 is 1.00 bits per heavy atom. The van der Waals surface area contributed by atoms with Gasteiger partial charge in [0.15, 0.2) is 0 Å². The predicted octanol–water partition coefficient (Wildman–Crippen LogP) is 3.13. The van der Waals surface area contributed by atoms with E-state index in [1.54, 1.807) is 23.8 Å². The molecular formula is C20H22O4P2. The zero-order valence-electron chi connectivity index (χ0n) is 14.3. The summed E-state index contributed by atoms with van der Waals surface area (Å²) >= 11 is 0. The molecule has 0 unspecified atom stereocenters. The van der Waals surface area contributed by atoms with Crippen LogP contribution in [0.15, 0.2) is 84.4 Å². The van der Waals surface area contributed by atoms with E-state index in [-0.39, 0.29) is 0 Å². The predicted molar refractivity (Wildman–Crippen MR) is 107 cm³/mol. The molecule has 6 heteroatoms. The second-order valence-electron chi connectivity index (χ2n) is 6.45. The Morgan fingerprint density at radius 1 is 0.654 bits per heavy atom. The summed E-state index contributed by atoms with van der Waals surface area (Å²) in [7, 11) is -4.82. The van der Waals surface area contributed by atoms with Gasteiger partial charge in [0.2, 0.25) is 0 Å². The Bertz CT molecular complexity index is 815. The third kappa shape index (κ3) is 4.34. The standard InChI is InChI=1S/2C10H11O2P/c2*11-9-6-7-13(12,8-9)10-4-2-1-3-5-10/h2*1-7,9,11H,8H2/t9-,13+;9-,13-/m01/s1. The van der Waals surface area contributed by atoms with E-state index in [2.05, 4.69) is 0 Å². The van der Waals surface area contributed by atoms with Gasteiger partial charge in [-0.2, -0.15) is 0 Å². The van der Waals surface area contributed by atoms with E-state index in [4.69, 9.17) is 0 Å². The molecule has 0 saturated carbocycles. The van der Waals surface area contributed by atoms with Gasteiger partial charge in [-0.1, -0.05) is 72.8 Å². The number of benzene rings is 2. The molecule has 4 nitrogen and oxygen atoms in total. The molecule has 4 rings (SSSR count). The molecule has 2 heterocycles. The lowest BCUT2D eigenvalue weighted by atomic mass is 10.4. The van der Waals surface area contributed by atoms with E-state index < -0.39 is 26.5 Å². The molecule has 0 spiro atoms. The highest BCUT2D eigenvalue weighted by atomic mass is 31.2. The molecule has 0 aromatic heterocycles. The molecule has 0 radical (unpaired) electrons. The molecule has 0 aliphatic carbocycles. The Balaban J connectivity index is 0.000000151. The van der Waals surface area contributed by atoms with E-state index in [0.717, 1.165) is 10.6 Å². The first-order valence-corrected chi connectivity index (χ1v) is 12.4. The van der Waals surface area contributed by atoms with E-state index in [0.29, 0.717) is 12.3 Å². The molecule has 0 bridgehead atoms. The number of aliphatic hydroxyl groups excluding tert-OH is 2.